The molecule has 0 spiro atoms. The lowest BCUT2D eigenvalue weighted by Gasteiger charge is -2.32. The van der Waals surface area contributed by atoms with Crippen molar-refractivity contribution in [1.29, 1.82) is 0 Å². The Morgan fingerprint density at radius 1 is 1.26 bits per heavy atom. The molecule has 1 fully saturated rings. The van der Waals surface area contributed by atoms with Crippen LogP contribution in [0, 0.1) is 0 Å². The van der Waals surface area contributed by atoms with E-state index in [2.05, 4.69) is 4.90 Å². The summed E-state index contributed by atoms with van der Waals surface area (Å²) in [6.07, 6.45) is 1.59. The zero-order valence-electron chi connectivity index (χ0n) is 11.8. The average molecular weight is 272 g/mol. The van der Waals surface area contributed by atoms with Crippen molar-refractivity contribution in [3.05, 3.63) is 0 Å². The lowest BCUT2D eigenvalue weighted by Crippen LogP contribution is -2.44. The molecule has 0 radical (unpaired) electrons. The van der Waals surface area contributed by atoms with E-state index >= 15 is 0 Å². The molecule has 6 heteroatoms. The summed E-state index contributed by atoms with van der Waals surface area (Å²) in [7, 11) is 0. The second-order valence-electron chi connectivity index (χ2n) is 4.75. The maximum atomic E-state index is 11.9. The number of likely N-dealkylation sites (N-methyl/N-ethyl adjacent to an activating group) is 1. The Balaban J connectivity index is 2.26. The molecule has 1 amide bonds. The summed E-state index contributed by atoms with van der Waals surface area (Å²) in [6, 6.07) is 0. The van der Waals surface area contributed by atoms with Gasteiger partial charge in [-0.2, -0.15) is 0 Å². The number of hydrogen-bond acceptors (Lipinski definition) is 4. The molecule has 0 aromatic rings. The van der Waals surface area contributed by atoms with E-state index in [0.717, 1.165) is 39.0 Å². The van der Waals surface area contributed by atoms with Gasteiger partial charge in [-0.3, -0.25) is 9.69 Å². The van der Waals surface area contributed by atoms with Gasteiger partial charge in [0.2, 0.25) is 5.91 Å². The first-order chi connectivity index (χ1) is 9.06. The van der Waals surface area contributed by atoms with Crippen molar-refractivity contribution in [2.75, 3.05) is 39.3 Å². The first-order valence-corrected chi connectivity index (χ1v) is 6.90. The molecule has 0 atom stereocenters. The predicted octanol–water partition coefficient (Wildman–Crippen LogP) is 0.420. The van der Waals surface area contributed by atoms with Crippen LogP contribution in [0.5, 0.6) is 0 Å². The highest BCUT2D eigenvalue weighted by Crippen LogP contribution is 2.13. The second-order valence-corrected chi connectivity index (χ2v) is 4.75. The number of hydrogen-bond donors (Lipinski definition) is 1. The van der Waals surface area contributed by atoms with Gasteiger partial charge in [-0.15, -0.1) is 0 Å². The highest BCUT2D eigenvalue weighted by Gasteiger charge is 2.23. The van der Waals surface area contributed by atoms with E-state index in [1.54, 1.807) is 0 Å². The lowest BCUT2D eigenvalue weighted by molar-refractivity contribution is -0.145. The van der Waals surface area contributed by atoms with Gasteiger partial charge < -0.3 is 14.7 Å². The third kappa shape index (κ3) is 5.57. The van der Waals surface area contributed by atoms with Gasteiger partial charge in [0.15, 0.2) is 0 Å². The smallest absolute Gasteiger partial charge is 0.329 e. The average Bonchev–Trinajstić information content (AvgIpc) is 2.39. The molecular weight excluding hydrogens is 248 g/mol. The van der Waals surface area contributed by atoms with Crippen LogP contribution in [0.1, 0.15) is 26.7 Å². The number of carboxylic acid groups (broad SMARTS) is 1. The Morgan fingerprint density at radius 2 is 1.84 bits per heavy atom. The van der Waals surface area contributed by atoms with E-state index < -0.39 is 5.97 Å². The minimum atomic E-state index is -0.931. The van der Waals surface area contributed by atoms with Gasteiger partial charge in [0.05, 0.1) is 12.6 Å². The summed E-state index contributed by atoms with van der Waals surface area (Å²) in [5.74, 6) is -0.769. The fourth-order valence-corrected chi connectivity index (χ4v) is 2.29. The van der Waals surface area contributed by atoms with Crippen LogP contribution in [0.25, 0.3) is 0 Å². The van der Waals surface area contributed by atoms with Crippen LogP contribution in [0.15, 0.2) is 0 Å². The van der Waals surface area contributed by atoms with Gasteiger partial charge in [0.1, 0.15) is 6.61 Å². The third-order valence-corrected chi connectivity index (χ3v) is 3.45. The fourth-order valence-electron chi connectivity index (χ4n) is 2.29. The van der Waals surface area contributed by atoms with Crippen LogP contribution in [-0.4, -0.2) is 72.2 Å². The molecule has 1 saturated heterocycles. The summed E-state index contributed by atoms with van der Waals surface area (Å²) >= 11 is 0. The Kier molecular flexibility index (Phi) is 6.80. The number of rotatable bonds is 7. The SMILES string of the molecule is CCN(CC)C(=O)CN1CCC(OCC(=O)O)CC1. The number of carbonyl (C=O) groups is 2. The molecule has 1 aliphatic rings. The molecule has 1 N–H and O–H groups in total. The summed E-state index contributed by atoms with van der Waals surface area (Å²) in [4.78, 5) is 26.3. The van der Waals surface area contributed by atoms with Crippen molar-refractivity contribution in [2.24, 2.45) is 0 Å². The van der Waals surface area contributed by atoms with Gasteiger partial charge in [-0.25, -0.2) is 4.79 Å². The Labute approximate surface area is 114 Å². The van der Waals surface area contributed by atoms with Gasteiger partial charge in [-0.05, 0) is 26.7 Å². The number of amides is 1. The first-order valence-electron chi connectivity index (χ1n) is 6.90. The molecule has 110 valence electrons. The van der Waals surface area contributed by atoms with Gasteiger partial charge >= 0.3 is 5.97 Å². The van der Waals surface area contributed by atoms with E-state index in [1.165, 1.54) is 0 Å². The number of piperidine rings is 1. The predicted molar refractivity (Wildman–Crippen MR) is 71.0 cm³/mol. The minimum absolute atomic E-state index is 0.0101. The van der Waals surface area contributed by atoms with Crippen molar-refractivity contribution in [3.8, 4) is 0 Å². The van der Waals surface area contributed by atoms with E-state index in [0.29, 0.717) is 6.54 Å². The molecule has 0 bridgehead atoms. The van der Waals surface area contributed by atoms with Crippen LogP contribution >= 0.6 is 0 Å². The van der Waals surface area contributed by atoms with Crippen molar-refractivity contribution in [3.63, 3.8) is 0 Å². The molecule has 0 aromatic carbocycles. The maximum Gasteiger partial charge on any atom is 0.329 e. The molecule has 1 rings (SSSR count). The molecule has 19 heavy (non-hydrogen) atoms. The molecule has 6 nitrogen and oxygen atoms in total. The van der Waals surface area contributed by atoms with Gasteiger partial charge in [-0.1, -0.05) is 0 Å². The third-order valence-electron chi connectivity index (χ3n) is 3.45. The number of likely N-dealkylation sites (tertiary alicyclic amines) is 1. The topological polar surface area (TPSA) is 70.1 Å². The van der Waals surface area contributed by atoms with Gasteiger partial charge in [0.25, 0.3) is 0 Å². The standard InChI is InChI=1S/C13H24N2O4/c1-3-15(4-2)12(16)9-14-7-5-11(6-8-14)19-10-13(17)18/h11H,3-10H2,1-2H3,(H,17,18). The zero-order valence-corrected chi connectivity index (χ0v) is 11.8. The monoisotopic (exact) mass is 272 g/mol. The van der Waals surface area contributed by atoms with Crippen molar-refractivity contribution < 1.29 is 19.4 Å². The molecular formula is C13H24N2O4. The van der Waals surface area contributed by atoms with E-state index in [9.17, 15) is 9.59 Å². The molecule has 0 saturated carbocycles. The molecule has 0 aliphatic carbocycles. The van der Waals surface area contributed by atoms with E-state index in [1.807, 2.05) is 18.7 Å². The summed E-state index contributed by atoms with van der Waals surface area (Å²) in [5.41, 5.74) is 0. The molecule has 1 heterocycles. The van der Waals surface area contributed by atoms with Crippen molar-refractivity contribution >= 4 is 11.9 Å². The maximum absolute atomic E-state index is 11.9. The van der Waals surface area contributed by atoms with Crippen molar-refractivity contribution in [2.45, 2.75) is 32.8 Å². The summed E-state index contributed by atoms with van der Waals surface area (Å²) in [5, 5.41) is 8.54. The van der Waals surface area contributed by atoms with E-state index in [-0.39, 0.29) is 18.6 Å². The van der Waals surface area contributed by atoms with Gasteiger partial charge in [0, 0.05) is 26.2 Å². The normalized spacial score (nSPS) is 17.4. The number of carboxylic acids is 1. The van der Waals surface area contributed by atoms with Crippen molar-refractivity contribution in [1.82, 2.24) is 9.80 Å². The molecule has 1 aliphatic heterocycles. The fraction of sp³-hybridized carbons (Fsp3) is 0.846. The number of ether oxygens (including phenoxy) is 1. The summed E-state index contributed by atoms with van der Waals surface area (Å²) < 4.78 is 5.27. The highest BCUT2D eigenvalue weighted by molar-refractivity contribution is 5.78. The number of aliphatic carboxylic acids is 1. The lowest BCUT2D eigenvalue weighted by atomic mass is 10.1. The highest BCUT2D eigenvalue weighted by atomic mass is 16.5. The van der Waals surface area contributed by atoms with Crippen LogP contribution in [-0.2, 0) is 14.3 Å². The van der Waals surface area contributed by atoms with Crippen LogP contribution < -0.4 is 0 Å². The molecule has 0 aromatic heterocycles. The Morgan fingerprint density at radius 3 is 2.32 bits per heavy atom. The Hall–Kier alpha value is -1.14. The quantitative estimate of drug-likeness (QED) is 0.727. The summed E-state index contributed by atoms with van der Waals surface area (Å²) in [6.45, 7) is 7.24. The van der Waals surface area contributed by atoms with Crippen LogP contribution in [0.4, 0.5) is 0 Å². The Bertz CT molecular complexity index is 297. The first kappa shape index (κ1) is 15.9. The van der Waals surface area contributed by atoms with E-state index in [4.69, 9.17) is 9.84 Å². The largest absolute Gasteiger partial charge is 0.480 e. The number of carbonyl (C=O) groups excluding carboxylic acids is 1. The second kappa shape index (κ2) is 8.12. The minimum Gasteiger partial charge on any atom is -0.480 e. The number of nitrogens with zero attached hydrogens (tertiary/aromatic N) is 2. The van der Waals surface area contributed by atoms with Crippen LogP contribution in [0.2, 0.25) is 0 Å². The molecule has 0 unspecified atom stereocenters. The van der Waals surface area contributed by atoms with Crippen LogP contribution in [0.3, 0.4) is 0 Å². The zero-order chi connectivity index (χ0) is 14.3.